The highest BCUT2D eigenvalue weighted by molar-refractivity contribution is 7.16. The quantitative estimate of drug-likeness (QED) is 0.526. The summed E-state index contributed by atoms with van der Waals surface area (Å²) in [6, 6.07) is 5.46. The van der Waals surface area contributed by atoms with Gasteiger partial charge in [-0.1, -0.05) is 11.3 Å². The number of carbonyl (C=O) groups is 1. The zero-order chi connectivity index (χ0) is 21.0. The standard InChI is InChI=1S/C20H26N4O4S/c1-6-24-13(3)12-14(22-24)19(25)21-20-23(10-11-28-7-2)17-15(26-4)8-9-16(27-5)18(17)29-20/h8-9,12H,6-7,10-11H2,1-5H3. The topological polar surface area (TPSA) is 79.9 Å². The lowest BCUT2D eigenvalue weighted by atomic mass is 10.3. The molecule has 0 bridgehead atoms. The maximum atomic E-state index is 12.8. The first-order valence-electron chi connectivity index (χ1n) is 9.49. The Morgan fingerprint density at radius 2 is 1.93 bits per heavy atom. The Morgan fingerprint density at radius 1 is 1.21 bits per heavy atom. The van der Waals surface area contributed by atoms with E-state index < -0.39 is 0 Å². The highest BCUT2D eigenvalue weighted by Crippen LogP contribution is 2.35. The molecule has 1 amide bonds. The fourth-order valence-electron chi connectivity index (χ4n) is 3.13. The Labute approximate surface area is 173 Å². The van der Waals surface area contributed by atoms with Gasteiger partial charge in [-0.15, -0.1) is 0 Å². The molecule has 0 atom stereocenters. The van der Waals surface area contributed by atoms with E-state index in [-0.39, 0.29) is 5.91 Å². The summed E-state index contributed by atoms with van der Waals surface area (Å²) in [7, 11) is 3.24. The molecule has 0 unspecified atom stereocenters. The van der Waals surface area contributed by atoms with Crippen molar-refractivity contribution >= 4 is 27.5 Å². The average molecular weight is 419 g/mol. The summed E-state index contributed by atoms with van der Waals surface area (Å²) in [6.07, 6.45) is 0. The number of aromatic nitrogens is 3. The third kappa shape index (κ3) is 4.20. The first kappa shape index (κ1) is 21.1. The minimum Gasteiger partial charge on any atom is -0.495 e. The smallest absolute Gasteiger partial charge is 0.300 e. The number of benzene rings is 1. The van der Waals surface area contributed by atoms with Gasteiger partial charge in [-0.2, -0.15) is 10.1 Å². The molecule has 2 heterocycles. The normalized spacial score (nSPS) is 12.0. The summed E-state index contributed by atoms with van der Waals surface area (Å²) in [4.78, 5) is 17.8. The summed E-state index contributed by atoms with van der Waals surface area (Å²) in [6.45, 7) is 8.19. The number of nitrogens with zero attached hydrogens (tertiary/aromatic N) is 4. The molecule has 0 fully saturated rings. The Bertz CT molecular complexity index is 1080. The lowest BCUT2D eigenvalue weighted by Gasteiger charge is -2.10. The lowest BCUT2D eigenvalue weighted by molar-refractivity contribution is 0.0991. The highest BCUT2D eigenvalue weighted by atomic mass is 32.1. The van der Waals surface area contributed by atoms with Gasteiger partial charge in [-0.3, -0.25) is 9.48 Å². The average Bonchev–Trinajstić information content (AvgIpc) is 3.28. The van der Waals surface area contributed by atoms with Crippen LogP contribution in [0.2, 0.25) is 0 Å². The van der Waals surface area contributed by atoms with Crippen LogP contribution in [0.25, 0.3) is 10.2 Å². The van der Waals surface area contributed by atoms with E-state index in [1.165, 1.54) is 11.3 Å². The molecule has 29 heavy (non-hydrogen) atoms. The Morgan fingerprint density at radius 3 is 2.55 bits per heavy atom. The molecule has 8 nitrogen and oxygen atoms in total. The third-order valence-electron chi connectivity index (χ3n) is 4.55. The lowest BCUT2D eigenvalue weighted by Crippen LogP contribution is -2.20. The number of fused-ring (bicyclic) bond motifs is 1. The monoisotopic (exact) mass is 418 g/mol. The Kier molecular flexibility index (Phi) is 6.71. The predicted molar refractivity (Wildman–Crippen MR) is 112 cm³/mol. The Hall–Kier alpha value is -2.65. The summed E-state index contributed by atoms with van der Waals surface area (Å²) < 4.78 is 21.2. The first-order chi connectivity index (χ1) is 14.0. The number of methoxy groups -OCH3 is 2. The van der Waals surface area contributed by atoms with Crippen LogP contribution in [0.15, 0.2) is 23.2 Å². The summed E-state index contributed by atoms with van der Waals surface area (Å²) >= 11 is 1.38. The van der Waals surface area contributed by atoms with Crippen LogP contribution in [0.3, 0.4) is 0 Å². The highest BCUT2D eigenvalue weighted by Gasteiger charge is 2.18. The molecule has 3 rings (SSSR count). The van der Waals surface area contributed by atoms with E-state index in [1.807, 2.05) is 37.5 Å². The van der Waals surface area contributed by atoms with Crippen molar-refractivity contribution < 1.29 is 19.0 Å². The van der Waals surface area contributed by atoms with E-state index >= 15 is 0 Å². The second kappa shape index (κ2) is 9.23. The van der Waals surface area contributed by atoms with E-state index in [1.54, 1.807) is 25.0 Å². The zero-order valence-corrected chi connectivity index (χ0v) is 18.2. The van der Waals surface area contributed by atoms with Gasteiger partial charge in [0.25, 0.3) is 5.91 Å². The number of ether oxygens (including phenoxy) is 3. The number of amides is 1. The van der Waals surface area contributed by atoms with Crippen molar-refractivity contribution in [2.45, 2.75) is 33.9 Å². The zero-order valence-electron chi connectivity index (χ0n) is 17.4. The minimum absolute atomic E-state index is 0.331. The van der Waals surface area contributed by atoms with E-state index in [9.17, 15) is 4.79 Å². The molecule has 0 aliphatic rings. The SMILES string of the molecule is CCOCCn1c(=NC(=O)c2cc(C)n(CC)n2)sc2c(OC)ccc(OC)c21. The number of thiazole rings is 1. The second-order valence-corrected chi connectivity index (χ2v) is 7.26. The molecule has 2 aromatic heterocycles. The van der Waals surface area contributed by atoms with Crippen molar-refractivity contribution in [1.29, 1.82) is 0 Å². The van der Waals surface area contributed by atoms with Crippen molar-refractivity contribution in [3.63, 3.8) is 0 Å². The third-order valence-corrected chi connectivity index (χ3v) is 5.65. The maximum Gasteiger partial charge on any atom is 0.300 e. The van der Waals surface area contributed by atoms with Gasteiger partial charge in [0.05, 0.1) is 20.8 Å². The van der Waals surface area contributed by atoms with Gasteiger partial charge in [-0.05, 0) is 39.0 Å². The predicted octanol–water partition coefficient (Wildman–Crippen LogP) is 3.02. The number of carbonyl (C=O) groups excluding carboxylic acids is 1. The van der Waals surface area contributed by atoms with Crippen molar-refractivity contribution in [3.8, 4) is 11.5 Å². The van der Waals surface area contributed by atoms with Crippen LogP contribution in [0.4, 0.5) is 0 Å². The van der Waals surface area contributed by atoms with E-state index in [2.05, 4.69) is 10.1 Å². The first-order valence-corrected chi connectivity index (χ1v) is 10.3. The number of rotatable bonds is 8. The van der Waals surface area contributed by atoms with Gasteiger partial charge in [0, 0.05) is 25.4 Å². The van der Waals surface area contributed by atoms with E-state index in [0.29, 0.717) is 48.3 Å². The van der Waals surface area contributed by atoms with E-state index in [0.717, 1.165) is 15.9 Å². The number of aryl methyl sites for hydroxylation is 2. The van der Waals surface area contributed by atoms with Crippen molar-refractivity contribution in [2.24, 2.45) is 4.99 Å². The second-order valence-electron chi connectivity index (χ2n) is 6.28. The molecular formula is C20H26N4O4S. The summed E-state index contributed by atoms with van der Waals surface area (Å²) in [5.41, 5.74) is 2.09. The van der Waals surface area contributed by atoms with Gasteiger partial charge in [-0.25, -0.2) is 0 Å². The number of hydrogen-bond acceptors (Lipinski definition) is 6. The molecule has 0 aliphatic carbocycles. The van der Waals surface area contributed by atoms with Gasteiger partial charge in [0.15, 0.2) is 10.5 Å². The van der Waals surface area contributed by atoms with Gasteiger partial charge >= 0.3 is 0 Å². The van der Waals surface area contributed by atoms with Crippen molar-refractivity contribution in [3.05, 3.63) is 34.4 Å². The minimum atomic E-state index is -0.380. The van der Waals surface area contributed by atoms with Crippen LogP contribution >= 0.6 is 11.3 Å². The fraction of sp³-hybridized carbons (Fsp3) is 0.450. The van der Waals surface area contributed by atoms with Crippen molar-refractivity contribution in [2.75, 3.05) is 27.4 Å². The van der Waals surface area contributed by atoms with Crippen molar-refractivity contribution in [1.82, 2.24) is 14.3 Å². The van der Waals surface area contributed by atoms with Crippen LogP contribution in [-0.4, -0.2) is 47.7 Å². The van der Waals surface area contributed by atoms with Crippen LogP contribution in [-0.2, 0) is 17.8 Å². The van der Waals surface area contributed by atoms with Crippen LogP contribution in [0, 0.1) is 6.92 Å². The molecule has 0 saturated carbocycles. The molecule has 0 aliphatic heterocycles. The molecule has 3 aromatic rings. The molecule has 1 aromatic carbocycles. The molecule has 9 heteroatoms. The molecule has 0 radical (unpaired) electrons. The van der Waals surface area contributed by atoms with Gasteiger partial charge < -0.3 is 18.8 Å². The van der Waals surface area contributed by atoms with E-state index in [4.69, 9.17) is 14.2 Å². The summed E-state index contributed by atoms with van der Waals surface area (Å²) in [5, 5.41) is 4.35. The van der Waals surface area contributed by atoms with Crippen LogP contribution in [0.5, 0.6) is 11.5 Å². The van der Waals surface area contributed by atoms with Gasteiger partial charge in [0.2, 0.25) is 0 Å². The summed E-state index contributed by atoms with van der Waals surface area (Å²) in [5.74, 6) is 1.01. The molecule has 0 N–H and O–H groups in total. The molecule has 156 valence electrons. The van der Waals surface area contributed by atoms with Crippen LogP contribution in [0.1, 0.15) is 30.0 Å². The maximum absolute atomic E-state index is 12.8. The molecule has 0 spiro atoms. The fourth-order valence-corrected chi connectivity index (χ4v) is 4.29. The number of hydrogen-bond donors (Lipinski definition) is 0. The van der Waals surface area contributed by atoms with Crippen LogP contribution < -0.4 is 14.3 Å². The van der Waals surface area contributed by atoms with Gasteiger partial charge in [0.1, 0.15) is 21.7 Å². The Balaban J connectivity index is 2.17. The molecule has 0 saturated heterocycles. The largest absolute Gasteiger partial charge is 0.495 e. The molecular weight excluding hydrogens is 392 g/mol.